The van der Waals surface area contributed by atoms with Gasteiger partial charge in [-0.1, -0.05) is 11.8 Å². The van der Waals surface area contributed by atoms with Crippen LogP contribution in [0.3, 0.4) is 0 Å². The van der Waals surface area contributed by atoms with E-state index in [1.165, 1.54) is 0 Å². The van der Waals surface area contributed by atoms with Gasteiger partial charge < -0.3 is 18.8 Å². The van der Waals surface area contributed by atoms with Crippen LogP contribution in [0.4, 0.5) is 0 Å². The van der Waals surface area contributed by atoms with Gasteiger partial charge in [-0.2, -0.15) is 0 Å². The van der Waals surface area contributed by atoms with Crippen LogP contribution in [-0.2, 0) is 11.3 Å². The molecule has 114 valence electrons. The molecule has 0 saturated carbocycles. The maximum absolute atomic E-state index is 5.67. The monoisotopic (exact) mass is 309 g/mol. The van der Waals surface area contributed by atoms with Crippen molar-refractivity contribution >= 4 is 11.8 Å². The molecule has 0 saturated heterocycles. The molecule has 1 aromatic carbocycles. The molecule has 21 heavy (non-hydrogen) atoms. The number of hydrogen-bond acceptors (Lipinski definition) is 6. The minimum absolute atomic E-state index is 0.605. The number of benzene rings is 1. The quantitative estimate of drug-likeness (QED) is 0.522. The summed E-state index contributed by atoms with van der Waals surface area (Å²) < 4.78 is 17.8. The molecule has 0 spiro atoms. The maximum atomic E-state index is 5.67. The fourth-order valence-electron chi connectivity index (χ4n) is 1.66. The Morgan fingerprint density at radius 2 is 1.86 bits per heavy atom. The van der Waals surface area contributed by atoms with E-state index in [0.717, 1.165) is 29.0 Å². The molecule has 0 amide bonds. The second-order valence-corrected chi connectivity index (χ2v) is 5.23. The molecule has 0 radical (unpaired) electrons. The lowest BCUT2D eigenvalue weighted by molar-refractivity contribution is 0.184. The van der Waals surface area contributed by atoms with Crippen molar-refractivity contribution in [2.45, 2.75) is 11.7 Å². The lowest BCUT2D eigenvalue weighted by Crippen LogP contribution is -2.06. The third-order valence-corrected chi connectivity index (χ3v) is 3.70. The van der Waals surface area contributed by atoms with Crippen LogP contribution in [0.2, 0.25) is 0 Å². The minimum Gasteiger partial charge on any atom is -0.497 e. The summed E-state index contributed by atoms with van der Waals surface area (Å²) in [7, 11) is 3.33. The van der Waals surface area contributed by atoms with E-state index in [9.17, 15) is 0 Å². The molecule has 2 rings (SSSR count). The van der Waals surface area contributed by atoms with E-state index in [0.29, 0.717) is 13.2 Å². The summed E-state index contributed by atoms with van der Waals surface area (Å²) in [4.78, 5) is 0. The number of methoxy groups -OCH3 is 2. The van der Waals surface area contributed by atoms with Gasteiger partial charge in [0.2, 0.25) is 0 Å². The summed E-state index contributed by atoms with van der Waals surface area (Å²) in [6.07, 6.45) is 1.71. The zero-order valence-corrected chi connectivity index (χ0v) is 13.0. The van der Waals surface area contributed by atoms with Gasteiger partial charge in [0.15, 0.2) is 5.16 Å². The second kappa shape index (κ2) is 8.53. The SMILES string of the molecule is COCCn1cnnc1SCCOc1ccc(OC)cc1. The maximum Gasteiger partial charge on any atom is 0.191 e. The van der Waals surface area contributed by atoms with Crippen molar-refractivity contribution in [1.82, 2.24) is 14.8 Å². The van der Waals surface area contributed by atoms with Crippen LogP contribution in [0.25, 0.3) is 0 Å². The van der Waals surface area contributed by atoms with E-state index in [1.807, 2.05) is 28.8 Å². The molecule has 2 aromatic rings. The van der Waals surface area contributed by atoms with Crippen molar-refractivity contribution < 1.29 is 14.2 Å². The van der Waals surface area contributed by atoms with Crippen molar-refractivity contribution in [1.29, 1.82) is 0 Å². The zero-order valence-electron chi connectivity index (χ0n) is 12.2. The molecule has 1 aromatic heterocycles. The Bertz CT molecular complexity index is 531. The van der Waals surface area contributed by atoms with E-state index < -0.39 is 0 Å². The minimum atomic E-state index is 0.605. The number of thioether (sulfide) groups is 1. The molecule has 0 unspecified atom stereocenters. The van der Waals surface area contributed by atoms with Crippen molar-refractivity contribution in [3.63, 3.8) is 0 Å². The molecule has 0 atom stereocenters. The Kier molecular flexibility index (Phi) is 6.36. The van der Waals surface area contributed by atoms with Crippen LogP contribution >= 0.6 is 11.8 Å². The molecular weight excluding hydrogens is 290 g/mol. The number of rotatable bonds is 9. The number of ether oxygens (including phenoxy) is 3. The van der Waals surface area contributed by atoms with E-state index >= 15 is 0 Å². The summed E-state index contributed by atoms with van der Waals surface area (Å²) in [6.45, 7) is 2.01. The van der Waals surface area contributed by atoms with Crippen molar-refractivity contribution in [3.8, 4) is 11.5 Å². The molecular formula is C14H19N3O3S. The predicted octanol–water partition coefficient (Wildman–Crippen LogP) is 2.10. The Balaban J connectivity index is 1.72. The fourth-order valence-corrected chi connectivity index (χ4v) is 2.42. The first kappa shape index (κ1) is 15.7. The third kappa shape index (κ3) is 4.95. The zero-order chi connectivity index (χ0) is 14.9. The van der Waals surface area contributed by atoms with Crippen LogP contribution in [0, 0.1) is 0 Å². The summed E-state index contributed by atoms with van der Waals surface area (Å²) in [5.41, 5.74) is 0. The molecule has 0 bridgehead atoms. The number of hydrogen-bond donors (Lipinski definition) is 0. The first-order valence-corrected chi connectivity index (χ1v) is 7.58. The Hall–Kier alpha value is -1.73. The van der Waals surface area contributed by atoms with Gasteiger partial charge >= 0.3 is 0 Å². The van der Waals surface area contributed by atoms with Crippen LogP contribution in [0.5, 0.6) is 11.5 Å². The highest BCUT2D eigenvalue weighted by Gasteiger charge is 2.04. The normalized spacial score (nSPS) is 10.6. The summed E-state index contributed by atoms with van der Waals surface area (Å²) in [5.74, 6) is 2.46. The Morgan fingerprint density at radius 3 is 2.57 bits per heavy atom. The van der Waals surface area contributed by atoms with Gasteiger partial charge in [-0.25, -0.2) is 0 Å². The highest BCUT2D eigenvalue weighted by atomic mass is 32.2. The molecule has 1 heterocycles. The average Bonchev–Trinajstić information content (AvgIpc) is 2.97. The standard InChI is InChI=1S/C14H19N3O3S/c1-18-8-7-17-11-15-16-14(17)21-10-9-20-13-5-3-12(19-2)4-6-13/h3-6,11H,7-10H2,1-2H3. The molecule has 0 fully saturated rings. The highest BCUT2D eigenvalue weighted by Crippen LogP contribution is 2.18. The number of nitrogens with zero attached hydrogens (tertiary/aromatic N) is 3. The largest absolute Gasteiger partial charge is 0.497 e. The molecule has 6 nitrogen and oxygen atoms in total. The van der Waals surface area contributed by atoms with E-state index in [4.69, 9.17) is 14.2 Å². The van der Waals surface area contributed by atoms with Gasteiger partial charge in [0.1, 0.15) is 17.8 Å². The van der Waals surface area contributed by atoms with Crippen LogP contribution in [0.1, 0.15) is 0 Å². The first-order valence-electron chi connectivity index (χ1n) is 6.60. The highest BCUT2D eigenvalue weighted by molar-refractivity contribution is 7.99. The van der Waals surface area contributed by atoms with Crippen molar-refractivity contribution in [2.75, 3.05) is 33.2 Å². The lowest BCUT2D eigenvalue weighted by atomic mass is 10.3. The summed E-state index contributed by atoms with van der Waals surface area (Å²) in [5, 5.41) is 8.88. The first-order chi connectivity index (χ1) is 10.3. The van der Waals surface area contributed by atoms with Crippen LogP contribution in [0.15, 0.2) is 35.7 Å². The summed E-state index contributed by atoms with van der Waals surface area (Å²) >= 11 is 1.62. The molecule has 0 aliphatic carbocycles. The van der Waals surface area contributed by atoms with Gasteiger partial charge in [0, 0.05) is 19.4 Å². The van der Waals surface area contributed by atoms with Gasteiger partial charge in [-0.3, -0.25) is 0 Å². The Labute approximate surface area is 128 Å². The van der Waals surface area contributed by atoms with Crippen molar-refractivity contribution in [2.24, 2.45) is 0 Å². The van der Waals surface area contributed by atoms with E-state index in [1.54, 1.807) is 32.3 Å². The fraction of sp³-hybridized carbons (Fsp3) is 0.429. The average molecular weight is 309 g/mol. The second-order valence-electron chi connectivity index (χ2n) is 4.17. The van der Waals surface area contributed by atoms with E-state index in [-0.39, 0.29) is 0 Å². The topological polar surface area (TPSA) is 58.4 Å². The summed E-state index contributed by atoms with van der Waals surface area (Å²) in [6, 6.07) is 7.54. The molecule has 0 N–H and O–H groups in total. The van der Waals surface area contributed by atoms with E-state index in [2.05, 4.69) is 10.2 Å². The smallest absolute Gasteiger partial charge is 0.191 e. The number of aromatic nitrogens is 3. The molecule has 0 aliphatic rings. The van der Waals surface area contributed by atoms with Crippen LogP contribution in [-0.4, -0.2) is 48.0 Å². The van der Waals surface area contributed by atoms with Gasteiger partial charge in [0.05, 0.1) is 20.3 Å². The predicted molar refractivity (Wildman–Crippen MR) is 81.1 cm³/mol. The molecule has 7 heteroatoms. The lowest BCUT2D eigenvalue weighted by Gasteiger charge is -2.07. The van der Waals surface area contributed by atoms with Gasteiger partial charge in [0.25, 0.3) is 0 Å². The van der Waals surface area contributed by atoms with Crippen LogP contribution < -0.4 is 9.47 Å². The van der Waals surface area contributed by atoms with Crippen molar-refractivity contribution in [3.05, 3.63) is 30.6 Å². The third-order valence-electron chi connectivity index (χ3n) is 2.76. The molecule has 0 aliphatic heterocycles. The van der Waals surface area contributed by atoms with Gasteiger partial charge in [-0.15, -0.1) is 10.2 Å². The Morgan fingerprint density at radius 1 is 1.10 bits per heavy atom. The van der Waals surface area contributed by atoms with Gasteiger partial charge in [-0.05, 0) is 24.3 Å².